The standard InChI is InChI=1S/C29H49O2/c1-8-10-11-14-22(3)15-12-16-23(4)17-13-19-28(7)20-18-26-21-27(30)24(5)25(6)29(26,9-2)31-28/h8,15,21,23,27,30H,9-14,16-20H2,1-7H3/q-1/b22-15+. The quantitative estimate of drug-likeness (QED) is 0.192. The molecule has 1 heterocycles. The summed E-state index contributed by atoms with van der Waals surface area (Å²) in [6.07, 6.45) is 19.3. The van der Waals surface area contributed by atoms with Gasteiger partial charge in [0.1, 0.15) is 5.60 Å². The van der Waals surface area contributed by atoms with Crippen molar-refractivity contribution in [3.8, 4) is 0 Å². The third kappa shape index (κ3) is 6.81. The molecule has 178 valence electrons. The van der Waals surface area contributed by atoms with Crippen molar-refractivity contribution in [3.05, 3.63) is 40.9 Å². The third-order valence-electron chi connectivity index (χ3n) is 7.98. The lowest BCUT2D eigenvalue weighted by Crippen LogP contribution is -2.51. The summed E-state index contributed by atoms with van der Waals surface area (Å²) in [6.45, 7) is 15.6. The van der Waals surface area contributed by atoms with Crippen molar-refractivity contribution < 1.29 is 9.84 Å². The molecule has 2 nitrogen and oxygen atoms in total. The third-order valence-corrected chi connectivity index (χ3v) is 7.98. The molecule has 0 radical (unpaired) electrons. The second-order valence-corrected chi connectivity index (χ2v) is 10.6. The van der Waals surface area contributed by atoms with Gasteiger partial charge in [0, 0.05) is 0 Å². The Hall–Kier alpha value is -0.860. The smallest absolute Gasteiger partial charge is 0.111 e. The van der Waals surface area contributed by atoms with E-state index in [9.17, 15) is 5.11 Å². The van der Waals surface area contributed by atoms with Crippen LogP contribution in [0.2, 0.25) is 0 Å². The van der Waals surface area contributed by atoms with Crippen LogP contribution in [0.3, 0.4) is 0 Å². The van der Waals surface area contributed by atoms with E-state index in [2.05, 4.69) is 67.0 Å². The molecular formula is C29H49O2-. The van der Waals surface area contributed by atoms with Crippen molar-refractivity contribution in [3.63, 3.8) is 0 Å². The minimum absolute atomic E-state index is 0.0658. The van der Waals surface area contributed by atoms with E-state index in [-0.39, 0.29) is 11.2 Å². The van der Waals surface area contributed by atoms with E-state index < -0.39 is 6.10 Å². The molecule has 1 aliphatic heterocycles. The average molecular weight is 430 g/mol. The molecular weight excluding hydrogens is 380 g/mol. The summed E-state index contributed by atoms with van der Waals surface area (Å²) in [6, 6.07) is 0. The van der Waals surface area contributed by atoms with Crippen LogP contribution in [-0.4, -0.2) is 22.4 Å². The van der Waals surface area contributed by atoms with Gasteiger partial charge in [0.05, 0.1) is 11.7 Å². The Kier molecular flexibility index (Phi) is 10.1. The second kappa shape index (κ2) is 11.8. The fourth-order valence-corrected chi connectivity index (χ4v) is 5.54. The van der Waals surface area contributed by atoms with E-state index in [0.717, 1.165) is 37.2 Å². The van der Waals surface area contributed by atoms with E-state index in [0.29, 0.717) is 0 Å². The Labute approximate surface area is 193 Å². The van der Waals surface area contributed by atoms with Crippen LogP contribution in [0, 0.1) is 12.3 Å². The maximum atomic E-state index is 10.4. The molecule has 4 unspecified atom stereocenters. The van der Waals surface area contributed by atoms with Crippen molar-refractivity contribution in [1.82, 2.24) is 0 Å². The van der Waals surface area contributed by atoms with Gasteiger partial charge in [-0.25, -0.2) is 0 Å². The molecule has 0 bridgehead atoms. The molecule has 0 saturated carbocycles. The van der Waals surface area contributed by atoms with Crippen LogP contribution in [-0.2, 0) is 4.74 Å². The molecule has 2 aliphatic rings. The average Bonchev–Trinajstić information content (AvgIpc) is 2.73. The van der Waals surface area contributed by atoms with E-state index >= 15 is 0 Å². The minimum atomic E-state index is -0.439. The Morgan fingerprint density at radius 3 is 2.74 bits per heavy atom. The van der Waals surface area contributed by atoms with Crippen molar-refractivity contribution in [1.29, 1.82) is 0 Å². The van der Waals surface area contributed by atoms with Crippen LogP contribution in [0.4, 0.5) is 0 Å². The highest BCUT2D eigenvalue weighted by atomic mass is 16.5. The number of rotatable bonds is 12. The molecule has 2 rings (SSSR count). The molecule has 0 aromatic carbocycles. The molecule has 0 aromatic heterocycles. The van der Waals surface area contributed by atoms with E-state index in [1.54, 1.807) is 5.57 Å². The number of ether oxygens (including phenoxy) is 1. The first-order chi connectivity index (χ1) is 14.7. The van der Waals surface area contributed by atoms with Crippen LogP contribution in [0.1, 0.15) is 119 Å². The van der Waals surface area contributed by atoms with Crippen LogP contribution < -0.4 is 0 Å². The van der Waals surface area contributed by atoms with Gasteiger partial charge in [-0.2, -0.15) is 13.3 Å². The number of aliphatic hydroxyl groups is 1. The monoisotopic (exact) mass is 429 g/mol. The van der Waals surface area contributed by atoms with Crippen molar-refractivity contribution in [2.75, 3.05) is 0 Å². The van der Waals surface area contributed by atoms with Gasteiger partial charge in [-0.1, -0.05) is 44.8 Å². The summed E-state index contributed by atoms with van der Waals surface area (Å²) in [5, 5.41) is 10.4. The second-order valence-electron chi connectivity index (χ2n) is 10.6. The molecule has 4 atom stereocenters. The van der Waals surface area contributed by atoms with Gasteiger partial charge in [-0.15, -0.1) is 0 Å². The first kappa shape index (κ1) is 26.4. The van der Waals surface area contributed by atoms with Gasteiger partial charge >= 0.3 is 0 Å². The lowest BCUT2D eigenvalue weighted by molar-refractivity contribution is -0.144. The molecule has 31 heavy (non-hydrogen) atoms. The zero-order chi connectivity index (χ0) is 23.1. The SMILES string of the molecule is C[CH-]CCC/C(C)=C/CCC(C)CCCC1(C)CCC2=CC(O)C(C)=C(C)C2(CC)O1. The number of allylic oxidation sites excluding steroid dienone is 2. The van der Waals surface area contributed by atoms with Gasteiger partial charge in [-0.05, 0) is 101 Å². The largest absolute Gasteiger partial charge is 0.385 e. The highest BCUT2D eigenvalue weighted by molar-refractivity contribution is 5.44. The van der Waals surface area contributed by atoms with Gasteiger partial charge in [0.2, 0.25) is 0 Å². The predicted octanol–water partition coefficient (Wildman–Crippen LogP) is 8.27. The number of fused-ring (bicyclic) bond motifs is 1. The van der Waals surface area contributed by atoms with E-state index in [1.807, 2.05) is 0 Å². The molecule has 1 aliphatic carbocycles. The van der Waals surface area contributed by atoms with Crippen LogP contribution in [0.25, 0.3) is 0 Å². The lowest BCUT2D eigenvalue weighted by Gasteiger charge is -2.51. The minimum Gasteiger partial charge on any atom is -0.385 e. The summed E-state index contributed by atoms with van der Waals surface area (Å²) in [7, 11) is 0. The molecule has 2 heteroatoms. The Morgan fingerprint density at radius 2 is 2.06 bits per heavy atom. The van der Waals surface area contributed by atoms with Crippen LogP contribution >= 0.6 is 0 Å². The van der Waals surface area contributed by atoms with Gasteiger partial charge < -0.3 is 16.3 Å². The lowest BCUT2D eigenvalue weighted by atomic mass is 9.70. The highest BCUT2D eigenvalue weighted by Gasteiger charge is 2.48. The molecule has 1 N–H and O–H groups in total. The van der Waals surface area contributed by atoms with Crippen molar-refractivity contribution in [2.24, 2.45) is 5.92 Å². The first-order valence-electron chi connectivity index (χ1n) is 12.9. The molecule has 1 fully saturated rings. The molecule has 0 aromatic rings. The van der Waals surface area contributed by atoms with Gasteiger partial charge in [0.25, 0.3) is 0 Å². The number of hydrogen-bond donors (Lipinski definition) is 1. The number of aliphatic hydroxyl groups excluding tert-OH is 1. The summed E-state index contributed by atoms with van der Waals surface area (Å²) >= 11 is 0. The van der Waals surface area contributed by atoms with Crippen LogP contribution in [0.15, 0.2) is 34.4 Å². The molecule has 0 amide bonds. The Bertz CT molecular complexity index is 670. The first-order valence-corrected chi connectivity index (χ1v) is 12.9. The van der Waals surface area contributed by atoms with Gasteiger partial charge in [0.15, 0.2) is 0 Å². The molecule has 1 saturated heterocycles. The summed E-state index contributed by atoms with van der Waals surface area (Å²) in [5.41, 5.74) is 4.80. The zero-order valence-corrected chi connectivity index (χ0v) is 21.5. The molecule has 0 spiro atoms. The Morgan fingerprint density at radius 1 is 1.32 bits per heavy atom. The van der Waals surface area contributed by atoms with Gasteiger partial charge in [-0.3, -0.25) is 0 Å². The maximum Gasteiger partial charge on any atom is 0.111 e. The maximum absolute atomic E-state index is 10.4. The highest BCUT2D eigenvalue weighted by Crippen LogP contribution is 2.50. The topological polar surface area (TPSA) is 29.5 Å². The van der Waals surface area contributed by atoms with Crippen molar-refractivity contribution >= 4 is 0 Å². The normalized spacial score (nSPS) is 30.3. The summed E-state index contributed by atoms with van der Waals surface area (Å²) in [5.74, 6) is 0.768. The Balaban J connectivity index is 1.83. The fourth-order valence-electron chi connectivity index (χ4n) is 5.54. The zero-order valence-electron chi connectivity index (χ0n) is 21.5. The van der Waals surface area contributed by atoms with E-state index in [4.69, 9.17) is 4.74 Å². The number of unbranched alkanes of at least 4 members (excludes halogenated alkanes) is 2. The van der Waals surface area contributed by atoms with Crippen molar-refractivity contribution in [2.45, 2.75) is 136 Å². The summed E-state index contributed by atoms with van der Waals surface area (Å²) in [4.78, 5) is 0. The fraction of sp³-hybridized carbons (Fsp3) is 0.759. The predicted molar refractivity (Wildman–Crippen MR) is 134 cm³/mol. The van der Waals surface area contributed by atoms with Crippen LogP contribution in [0.5, 0.6) is 0 Å². The summed E-state index contributed by atoms with van der Waals surface area (Å²) < 4.78 is 6.94. The number of hydrogen-bond acceptors (Lipinski definition) is 2. The van der Waals surface area contributed by atoms with E-state index in [1.165, 1.54) is 56.1 Å².